The summed E-state index contributed by atoms with van der Waals surface area (Å²) >= 11 is 0. The molecule has 0 radical (unpaired) electrons. The highest BCUT2D eigenvalue weighted by atomic mass is 16.1. The van der Waals surface area contributed by atoms with E-state index >= 15 is 0 Å². The summed E-state index contributed by atoms with van der Waals surface area (Å²) in [7, 11) is 4.11. The van der Waals surface area contributed by atoms with Crippen molar-refractivity contribution in [3.63, 3.8) is 0 Å². The van der Waals surface area contributed by atoms with Gasteiger partial charge in [-0.05, 0) is 48.9 Å². The SMILES string of the molecule is Cc1cccc(C(=O)NCC(c2ccc(N(C)C)cc2)N2CCN(c3ccccc3)CC2)c1. The molecule has 0 aliphatic carbocycles. The van der Waals surface area contributed by atoms with Gasteiger partial charge in [-0.25, -0.2) is 0 Å². The van der Waals surface area contributed by atoms with Crippen LogP contribution in [-0.2, 0) is 0 Å². The Hall–Kier alpha value is -3.31. The third-order valence-corrected chi connectivity index (χ3v) is 6.41. The maximum atomic E-state index is 12.9. The lowest BCUT2D eigenvalue weighted by atomic mass is 10.0. The van der Waals surface area contributed by atoms with Gasteiger partial charge in [-0.15, -0.1) is 0 Å². The normalized spacial score (nSPS) is 15.2. The number of benzene rings is 3. The highest BCUT2D eigenvalue weighted by Gasteiger charge is 2.26. The van der Waals surface area contributed by atoms with Gasteiger partial charge in [-0.2, -0.15) is 0 Å². The maximum Gasteiger partial charge on any atom is 0.251 e. The number of piperazine rings is 1. The molecule has 1 fully saturated rings. The van der Waals surface area contributed by atoms with Crippen molar-refractivity contribution >= 4 is 17.3 Å². The second kappa shape index (κ2) is 10.5. The zero-order valence-electron chi connectivity index (χ0n) is 19.9. The molecule has 0 spiro atoms. The van der Waals surface area contributed by atoms with Crippen molar-refractivity contribution in [2.24, 2.45) is 0 Å². The van der Waals surface area contributed by atoms with Crippen LogP contribution in [0.1, 0.15) is 27.5 Å². The van der Waals surface area contributed by atoms with Crippen molar-refractivity contribution in [1.29, 1.82) is 0 Å². The van der Waals surface area contributed by atoms with Crippen LogP contribution in [0, 0.1) is 6.92 Å². The van der Waals surface area contributed by atoms with Crippen molar-refractivity contribution in [1.82, 2.24) is 10.2 Å². The summed E-state index contributed by atoms with van der Waals surface area (Å²) in [6, 6.07) is 27.2. The molecule has 1 N–H and O–H groups in total. The van der Waals surface area contributed by atoms with E-state index < -0.39 is 0 Å². The first-order valence-corrected chi connectivity index (χ1v) is 11.7. The average molecular weight is 443 g/mol. The van der Waals surface area contributed by atoms with Crippen molar-refractivity contribution in [2.75, 3.05) is 56.6 Å². The Kier molecular flexibility index (Phi) is 7.30. The number of hydrogen-bond acceptors (Lipinski definition) is 4. The van der Waals surface area contributed by atoms with Gasteiger partial charge in [0.25, 0.3) is 5.91 Å². The zero-order chi connectivity index (χ0) is 23.2. The number of hydrogen-bond donors (Lipinski definition) is 1. The monoisotopic (exact) mass is 442 g/mol. The first kappa shape index (κ1) is 22.9. The molecule has 3 aromatic rings. The number of nitrogens with one attached hydrogen (secondary N) is 1. The number of nitrogens with zero attached hydrogens (tertiary/aromatic N) is 3. The van der Waals surface area contributed by atoms with E-state index in [2.05, 4.69) is 88.7 Å². The van der Waals surface area contributed by atoms with Crippen LogP contribution in [0.4, 0.5) is 11.4 Å². The molecule has 5 heteroatoms. The Balaban J connectivity index is 1.48. The van der Waals surface area contributed by atoms with Crippen molar-refractivity contribution < 1.29 is 4.79 Å². The van der Waals surface area contributed by atoms with E-state index in [1.54, 1.807) is 0 Å². The minimum absolute atomic E-state index is 0.0171. The number of aryl methyl sites for hydroxylation is 1. The minimum atomic E-state index is -0.0171. The fraction of sp³-hybridized carbons (Fsp3) is 0.321. The number of amides is 1. The standard InChI is InChI=1S/C28H34N4O/c1-22-8-7-9-24(20-22)28(33)29-21-27(23-12-14-25(15-13-23)30(2)3)32-18-16-31(17-19-32)26-10-5-4-6-11-26/h4-15,20,27H,16-19,21H2,1-3H3,(H,29,33). The van der Waals surface area contributed by atoms with Crippen molar-refractivity contribution in [3.8, 4) is 0 Å². The molecule has 4 rings (SSSR count). The molecule has 1 saturated heterocycles. The Morgan fingerprint density at radius 3 is 2.24 bits per heavy atom. The van der Waals surface area contributed by atoms with E-state index in [4.69, 9.17) is 0 Å². The van der Waals surface area contributed by atoms with Gasteiger partial charge < -0.3 is 15.1 Å². The lowest BCUT2D eigenvalue weighted by Gasteiger charge is -2.40. The van der Waals surface area contributed by atoms with Crippen LogP contribution in [0.5, 0.6) is 0 Å². The molecule has 1 amide bonds. The molecule has 1 atom stereocenters. The summed E-state index contributed by atoms with van der Waals surface area (Å²) in [5.41, 5.74) is 5.49. The number of anilines is 2. The molecular formula is C28H34N4O. The first-order valence-electron chi connectivity index (χ1n) is 11.7. The molecule has 0 saturated carbocycles. The van der Waals surface area contributed by atoms with Gasteiger partial charge in [-0.3, -0.25) is 9.69 Å². The summed E-state index contributed by atoms with van der Waals surface area (Å²) in [6.45, 7) is 6.45. The summed E-state index contributed by atoms with van der Waals surface area (Å²) in [6.07, 6.45) is 0. The number of rotatable bonds is 7. The molecule has 1 aliphatic heterocycles. The summed E-state index contributed by atoms with van der Waals surface area (Å²) in [4.78, 5) is 19.9. The van der Waals surface area contributed by atoms with Crippen LogP contribution in [0.15, 0.2) is 78.9 Å². The van der Waals surface area contributed by atoms with E-state index in [0.29, 0.717) is 12.1 Å². The predicted octanol–water partition coefficient (Wildman–Crippen LogP) is 4.35. The third-order valence-electron chi connectivity index (χ3n) is 6.41. The van der Waals surface area contributed by atoms with Crippen molar-refractivity contribution in [3.05, 3.63) is 95.6 Å². The lowest BCUT2D eigenvalue weighted by Crippen LogP contribution is -2.50. The molecule has 1 aliphatic rings. The molecule has 5 nitrogen and oxygen atoms in total. The van der Waals surface area contributed by atoms with Crippen LogP contribution < -0.4 is 15.1 Å². The molecule has 0 aromatic heterocycles. The minimum Gasteiger partial charge on any atom is -0.378 e. The first-order chi connectivity index (χ1) is 16.0. The molecule has 3 aromatic carbocycles. The van der Waals surface area contributed by atoms with E-state index in [1.807, 2.05) is 31.2 Å². The van der Waals surface area contributed by atoms with Gasteiger partial charge in [0.15, 0.2) is 0 Å². The van der Waals surface area contributed by atoms with Gasteiger partial charge >= 0.3 is 0 Å². The quantitative estimate of drug-likeness (QED) is 0.590. The molecular weight excluding hydrogens is 408 g/mol. The van der Waals surface area contributed by atoms with Crippen LogP contribution in [0.25, 0.3) is 0 Å². The molecule has 0 bridgehead atoms. The van der Waals surface area contributed by atoms with Crippen LogP contribution in [0.2, 0.25) is 0 Å². The maximum absolute atomic E-state index is 12.9. The van der Waals surface area contributed by atoms with Gasteiger partial charge in [0.05, 0.1) is 6.04 Å². The Morgan fingerprint density at radius 2 is 1.61 bits per heavy atom. The number of carbonyl (C=O) groups is 1. The average Bonchev–Trinajstić information content (AvgIpc) is 2.85. The van der Waals surface area contributed by atoms with E-state index in [-0.39, 0.29) is 11.9 Å². The second-order valence-corrected chi connectivity index (χ2v) is 8.94. The summed E-state index contributed by atoms with van der Waals surface area (Å²) in [5, 5.41) is 3.20. The summed E-state index contributed by atoms with van der Waals surface area (Å²) < 4.78 is 0. The largest absolute Gasteiger partial charge is 0.378 e. The highest BCUT2D eigenvalue weighted by molar-refractivity contribution is 5.94. The predicted molar refractivity (Wildman–Crippen MR) is 137 cm³/mol. The summed E-state index contributed by atoms with van der Waals surface area (Å²) in [5.74, 6) is -0.0171. The fourth-order valence-electron chi connectivity index (χ4n) is 4.46. The van der Waals surface area contributed by atoms with E-state index in [0.717, 1.165) is 31.7 Å². The zero-order valence-corrected chi connectivity index (χ0v) is 19.9. The lowest BCUT2D eigenvalue weighted by molar-refractivity contribution is 0.0930. The van der Waals surface area contributed by atoms with E-state index in [9.17, 15) is 4.79 Å². The van der Waals surface area contributed by atoms with Crippen LogP contribution in [0.3, 0.4) is 0 Å². The Bertz CT molecular complexity index is 1040. The Morgan fingerprint density at radius 1 is 0.909 bits per heavy atom. The van der Waals surface area contributed by atoms with Gasteiger partial charge in [0.2, 0.25) is 0 Å². The number of para-hydroxylation sites is 1. The van der Waals surface area contributed by atoms with Gasteiger partial charge in [-0.1, -0.05) is 48.0 Å². The molecule has 172 valence electrons. The molecule has 33 heavy (non-hydrogen) atoms. The van der Waals surface area contributed by atoms with E-state index in [1.165, 1.54) is 16.9 Å². The van der Waals surface area contributed by atoms with Crippen LogP contribution >= 0.6 is 0 Å². The van der Waals surface area contributed by atoms with Crippen LogP contribution in [-0.4, -0.2) is 57.6 Å². The Labute approximate surface area is 197 Å². The second-order valence-electron chi connectivity index (χ2n) is 8.94. The van der Waals surface area contributed by atoms with Gasteiger partial charge in [0.1, 0.15) is 0 Å². The third kappa shape index (κ3) is 5.74. The van der Waals surface area contributed by atoms with Crippen molar-refractivity contribution in [2.45, 2.75) is 13.0 Å². The fourth-order valence-corrected chi connectivity index (χ4v) is 4.46. The topological polar surface area (TPSA) is 38.8 Å². The smallest absolute Gasteiger partial charge is 0.251 e. The van der Waals surface area contributed by atoms with Gasteiger partial charge in [0, 0.05) is 63.8 Å². The molecule has 1 unspecified atom stereocenters. The number of carbonyl (C=O) groups excluding carboxylic acids is 1. The highest BCUT2D eigenvalue weighted by Crippen LogP contribution is 2.26. The molecule has 1 heterocycles.